The number of carbonyl (C=O) groups is 1. The molecule has 60 valence electrons. The minimum absolute atomic E-state index is 0.0990. The molecular weight excluding hydrogens is 142 g/mol. The summed E-state index contributed by atoms with van der Waals surface area (Å²) in [5, 5.41) is 0. The van der Waals surface area contributed by atoms with Crippen LogP contribution in [-0.4, -0.2) is 24.9 Å². The largest absolute Gasteiger partial charge is 0.456 e. The zero-order valence-corrected chi connectivity index (χ0v) is 6.92. The van der Waals surface area contributed by atoms with Crippen LogP contribution >= 0.6 is 0 Å². The van der Waals surface area contributed by atoms with Gasteiger partial charge in [0.2, 0.25) is 0 Å². The first-order valence-electron chi connectivity index (χ1n) is 3.39. The highest BCUT2D eigenvalue weighted by molar-refractivity contribution is 5.91. The zero-order valence-electron chi connectivity index (χ0n) is 6.92. The number of nitrogens with zero attached hydrogens (tertiary/aromatic N) is 1. The van der Waals surface area contributed by atoms with E-state index >= 15 is 0 Å². The van der Waals surface area contributed by atoms with Gasteiger partial charge in [-0.3, -0.25) is 4.79 Å². The third-order valence-corrected chi connectivity index (χ3v) is 1.36. The van der Waals surface area contributed by atoms with Gasteiger partial charge in [0, 0.05) is 14.1 Å². The van der Waals surface area contributed by atoms with Gasteiger partial charge in [-0.15, -0.1) is 0 Å². The van der Waals surface area contributed by atoms with E-state index in [2.05, 4.69) is 0 Å². The molecule has 0 atom stereocenters. The Morgan fingerprint density at radius 3 is 2.45 bits per heavy atom. The van der Waals surface area contributed by atoms with Crippen molar-refractivity contribution in [3.8, 4) is 0 Å². The summed E-state index contributed by atoms with van der Waals surface area (Å²) in [6, 6.07) is 3.45. The third kappa shape index (κ3) is 1.61. The first-order valence-corrected chi connectivity index (χ1v) is 3.39. The molecule has 0 aliphatic heterocycles. The number of aryl methyl sites for hydroxylation is 1. The van der Waals surface area contributed by atoms with E-state index in [1.54, 1.807) is 26.2 Å². The molecule has 3 heteroatoms. The Balaban J connectivity index is 2.85. The number of rotatable bonds is 1. The van der Waals surface area contributed by atoms with Crippen LogP contribution in [0, 0.1) is 6.92 Å². The second kappa shape index (κ2) is 2.78. The van der Waals surface area contributed by atoms with Crippen LogP contribution in [0.15, 0.2) is 16.5 Å². The van der Waals surface area contributed by atoms with Crippen LogP contribution in [-0.2, 0) is 0 Å². The van der Waals surface area contributed by atoms with Crippen molar-refractivity contribution >= 4 is 5.91 Å². The van der Waals surface area contributed by atoms with Crippen molar-refractivity contribution in [1.82, 2.24) is 4.90 Å². The molecule has 0 N–H and O–H groups in total. The Kier molecular flexibility index (Phi) is 1.98. The zero-order chi connectivity index (χ0) is 8.43. The number of carbonyl (C=O) groups excluding carboxylic acids is 1. The highest BCUT2D eigenvalue weighted by Gasteiger charge is 2.10. The Morgan fingerprint density at radius 1 is 1.45 bits per heavy atom. The van der Waals surface area contributed by atoms with Crippen LogP contribution in [0.4, 0.5) is 0 Å². The van der Waals surface area contributed by atoms with Gasteiger partial charge in [-0.2, -0.15) is 0 Å². The maximum atomic E-state index is 11.2. The second-order valence-electron chi connectivity index (χ2n) is 2.61. The molecule has 0 spiro atoms. The lowest BCUT2D eigenvalue weighted by molar-refractivity contribution is 0.0795. The molecule has 0 bridgehead atoms. The van der Waals surface area contributed by atoms with E-state index in [0.717, 1.165) is 5.76 Å². The lowest BCUT2D eigenvalue weighted by Gasteiger charge is -2.06. The molecule has 1 rings (SSSR count). The van der Waals surface area contributed by atoms with Crippen molar-refractivity contribution in [2.75, 3.05) is 14.1 Å². The first-order chi connectivity index (χ1) is 5.11. The number of hydrogen-bond donors (Lipinski definition) is 0. The average molecular weight is 153 g/mol. The van der Waals surface area contributed by atoms with Gasteiger partial charge < -0.3 is 9.32 Å². The summed E-state index contributed by atoms with van der Waals surface area (Å²) in [6.07, 6.45) is 0. The summed E-state index contributed by atoms with van der Waals surface area (Å²) in [6.45, 7) is 1.81. The van der Waals surface area contributed by atoms with Gasteiger partial charge in [0.1, 0.15) is 5.76 Å². The first kappa shape index (κ1) is 7.85. The molecule has 1 aromatic heterocycles. The van der Waals surface area contributed by atoms with E-state index in [1.807, 2.05) is 6.92 Å². The summed E-state index contributed by atoms with van der Waals surface area (Å²) < 4.78 is 5.12. The van der Waals surface area contributed by atoms with E-state index in [4.69, 9.17) is 4.42 Å². The van der Waals surface area contributed by atoms with Gasteiger partial charge in [0.25, 0.3) is 5.91 Å². The Morgan fingerprint density at radius 2 is 2.09 bits per heavy atom. The molecule has 0 aliphatic rings. The smallest absolute Gasteiger partial charge is 0.289 e. The molecule has 1 aromatic rings. The van der Waals surface area contributed by atoms with Crippen LogP contribution in [0.25, 0.3) is 0 Å². The molecule has 0 fully saturated rings. The predicted molar refractivity (Wildman–Crippen MR) is 41.5 cm³/mol. The van der Waals surface area contributed by atoms with E-state index < -0.39 is 0 Å². The molecule has 0 aromatic carbocycles. The highest BCUT2D eigenvalue weighted by atomic mass is 16.3. The molecule has 0 saturated heterocycles. The SMILES string of the molecule is Cc1ccc(C(=O)N(C)C)o1. The molecule has 11 heavy (non-hydrogen) atoms. The van der Waals surface area contributed by atoms with Gasteiger partial charge >= 0.3 is 0 Å². The predicted octanol–water partition coefficient (Wildman–Crippen LogP) is 1.29. The van der Waals surface area contributed by atoms with E-state index in [0.29, 0.717) is 5.76 Å². The normalized spacial score (nSPS) is 9.73. The van der Waals surface area contributed by atoms with Crippen molar-refractivity contribution in [3.63, 3.8) is 0 Å². The summed E-state index contributed by atoms with van der Waals surface area (Å²) in [5.74, 6) is 1.06. The standard InChI is InChI=1S/C8H11NO2/c1-6-4-5-7(11-6)8(10)9(2)3/h4-5H,1-3H3. The summed E-state index contributed by atoms with van der Waals surface area (Å²) in [4.78, 5) is 12.7. The van der Waals surface area contributed by atoms with Crippen molar-refractivity contribution in [1.29, 1.82) is 0 Å². The van der Waals surface area contributed by atoms with E-state index in [1.165, 1.54) is 4.90 Å². The molecular formula is C8H11NO2. The number of furan rings is 1. The number of amides is 1. The minimum atomic E-state index is -0.0990. The topological polar surface area (TPSA) is 33.5 Å². The van der Waals surface area contributed by atoms with Crippen LogP contribution in [0.1, 0.15) is 16.3 Å². The maximum Gasteiger partial charge on any atom is 0.289 e. The fourth-order valence-corrected chi connectivity index (χ4v) is 0.770. The Hall–Kier alpha value is -1.25. The lowest BCUT2D eigenvalue weighted by Crippen LogP contribution is -2.20. The lowest BCUT2D eigenvalue weighted by atomic mass is 10.4. The molecule has 0 saturated carbocycles. The fraction of sp³-hybridized carbons (Fsp3) is 0.375. The van der Waals surface area contributed by atoms with Crippen molar-refractivity contribution in [3.05, 3.63) is 23.7 Å². The van der Waals surface area contributed by atoms with Gasteiger partial charge in [-0.25, -0.2) is 0 Å². The molecule has 0 unspecified atom stereocenters. The van der Waals surface area contributed by atoms with Crippen LogP contribution in [0.2, 0.25) is 0 Å². The third-order valence-electron chi connectivity index (χ3n) is 1.36. The minimum Gasteiger partial charge on any atom is -0.456 e. The van der Waals surface area contributed by atoms with Crippen LogP contribution in [0.3, 0.4) is 0 Å². The van der Waals surface area contributed by atoms with Gasteiger partial charge in [-0.1, -0.05) is 0 Å². The second-order valence-corrected chi connectivity index (χ2v) is 2.61. The van der Waals surface area contributed by atoms with Crippen molar-refractivity contribution in [2.24, 2.45) is 0 Å². The monoisotopic (exact) mass is 153 g/mol. The van der Waals surface area contributed by atoms with E-state index in [9.17, 15) is 4.79 Å². The van der Waals surface area contributed by atoms with Crippen LogP contribution in [0.5, 0.6) is 0 Å². The van der Waals surface area contributed by atoms with Crippen LogP contribution < -0.4 is 0 Å². The molecule has 3 nitrogen and oxygen atoms in total. The van der Waals surface area contributed by atoms with E-state index in [-0.39, 0.29) is 5.91 Å². The van der Waals surface area contributed by atoms with Gasteiger partial charge in [0.15, 0.2) is 5.76 Å². The van der Waals surface area contributed by atoms with Crippen molar-refractivity contribution in [2.45, 2.75) is 6.92 Å². The number of hydrogen-bond acceptors (Lipinski definition) is 2. The van der Waals surface area contributed by atoms with Crippen molar-refractivity contribution < 1.29 is 9.21 Å². The van der Waals surface area contributed by atoms with Gasteiger partial charge in [0.05, 0.1) is 0 Å². The summed E-state index contributed by atoms with van der Waals surface area (Å²) >= 11 is 0. The fourth-order valence-electron chi connectivity index (χ4n) is 0.770. The molecule has 1 amide bonds. The molecule has 0 radical (unpaired) electrons. The molecule has 1 heterocycles. The van der Waals surface area contributed by atoms with Gasteiger partial charge in [-0.05, 0) is 19.1 Å². The quantitative estimate of drug-likeness (QED) is 0.609. The Labute approximate surface area is 65.6 Å². The maximum absolute atomic E-state index is 11.2. The Bertz CT molecular complexity index is 263. The summed E-state index contributed by atoms with van der Waals surface area (Å²) in [5.41, 5.74) is 0. The highest BCUT2D eigenvalue weighted by Crippen LogP contribution is 2.07. The average Bonchev–Trinajstić information content (AvgIpc) is 2.34. The summed E-state index contributed by atoms with van der Waals surface area (Å²) in [7, 11) is 3.39. The molecule has 0 aliphatic carbocycles.